The number of aromatic nitrogens is 2. The van der Waals surface area contributed by atoms with Crippen molar-refractivity contribution in [3.63, 3.8) is 0 Å². The van der Waals surface area contributed by atoms with E-state index in [9.17, 15) is 4.79 Å². The summed E-state index contributed by atoms with van der Waals surface area (Å²) in [6.07, 6.45) is 7.10. The Morgan fingerprint density at radius 3 is 2.65 bits per heavy atom. The quantitative estimate of drug-likeness (QED) is 0.612. The van der Waals surface area contributed by atoms with Gasteiger partial charge in [0.2, 0.25) is 5.95 Å². The van der Waals surface area contributed by atoms with Crippen LogP contribution in [0.15, 0.2) is 33.7 Å². The number of halogens is 1. The van der Waals surface area contributed by atoms with E-state index in [1.54, 1.807) is 18.5 Å². The maximum Gasteiger partial charge on any atom is 0.339 e. The van der Waals surface area contributed by atoms with Crippen molar-refractivity contribution in [1.82, 2.24) is 9.97 Å². The van der Waals surface area contributed by atoms with Crippen LogP contribution in [-0.4, -0.2) is 16.7 Å². The lowest BCUT2D eigenvalue weighted by atomic mass is 9.90. The van der Waals surface area contributed by atoms with Gasteiger partial charge in [0, 0.05) is 23.3 Å². The van der Waals surface area contributed by atoms with Gasteiger partial charge in [0.1, 0.15) is 11.3 Å². The van der Waals surface area contributed by atoms with E-state index in [0.717, 1.165) is 47.8 Å². The summed E-state index contributed by atoms with van der Waals surface area (Å²) in [6.45, 7) is 0.759. The first-order valence-corrected chi connectivity index (χ1v) is 9.05. The minimum absolute atomic E-state index is 0.246. The van der Waals surface area contributed by atoms with Crippen molar-refractivity contribution in [2.75, 3.05) is 11.6 Å². The highest BCUT2D eigenvalue weighted by atomic mass is 35.5. The van der Waals surface area contributed by atoms with E-state index in [1.807, 2.05) is 11.0 Å². The number of aryl methyl sites for hydroxylation is 1. The zero-order valence-corrected chi connectivity index (χ0v) is 14.8. The van der Waals surface area contributed by atoms with E-state index >= 15 is 0 Å². The lowest BCUT2D eigenvalue weighted by Gasteiger charge is -2.30. The zero-order valence-electron chi connectivity index (χ0n) is 14.0. The van der Waals surface area contributed by atoms with E-state index in [4.69, 9.17) is 20.8 Å². The zero-order chi connectivity index (χ0) is 17.7. The van der Waals surface area contributed by atoms with E-state index in [-0.39, 0.29) is 12.4 Å². The molecule has 2 aromatic heterocycles. The minimum atomic E-state index is -0.246. The van der Waals surface area contributed by atoms with E-state index in [0.29, 0.717) is 28.8 Å². The molecule has 2 aliphatic rings. The lowest BCUT2D eigenvalue weighted by Crippen LogP contribution is -2.33. The Morgan fingerprint density at radius 2 is 1.85 bits per heavy atom. The number of rotatable bonds is 1. The van der Waals surface area contributed by atoms with Crippen LogP contribution in [0.25, 0.3) is 11.0 Å². The SMILES string of the molecule is O=c1oc2c3c(c(Cl)cc2c2c1CCCC2)OCN(c1ncccn1)C3. The largest absolute Gasteiger partial charge is 0.471 e. The maximum absolute atomic E-state index is 12.5. The van der Waals surface area contributed by atoms with Crippen LogP contribution in [0, 0.1) is 0 Å². The van der Waals surface area contributed by atoms with Gasteiger partial charge in [-0.15, -0.1) is 0 Å². The number of ether oxygens (including phenoxy) is 1. The van der Waals surface area contributed by atoms with E-state index in [2.05, 4.69) is 9.97 Å². The Balaban J connectivity index is 1.71. The summed E-state index contributed by atoms with van der Waals surface area (Å²) in [7, 11) is 0. The Labute approximate surface area is 154 Å². The fourth-order valence-corrected chi connectivity index (χ4v) is 4.13. The second-order valence-corrected chi connectivity index (χ2v) is 7.02. The van der Waals surface area contributed by atoms with Crippen molar-refractivity contribution in [3.05, 3.63) is 56.7 Å². The number of fused-ring (bicyclic) bond motifs is 5. The van der Waals surface area contributed by atoms with Crippen molar-refractivity contribution in [1.29, 1.82) is 0 Å². The van der Waals surface area contributed by atoms with Crippen molar-refractivity contribution >= 4 is 28.5 Å². The van der Waals surface area contributed by atoms with Crippen LogP contribution in [-0.2, 0) is 19.4 Å². The van der Waals surface area contributed by atoms with Crippen LogP contribution >= 0.6 is 11.6 Å². The van der Waals surface area contributed by atoms with E-state index < -0.39 is 0 Å². The topological polar surface area (TPSA) is 68.5 Å². The third-order valence-electron chi connectivity index (χ3n) is 5.06. The van der Waals surface area contributed by atoms with Crippen molar-refractivity contribution in [2.45, 2.75) is 32.2 Å². The first-order chi connectivity index (χ1) is 12.7. The summed E-state index contributed by atoms with van der Waals surface area (Å²) in [5.41, 5.74) is 2.96. The van der Waals surface area contributed by atoms with E-state index in [1.165, 1.54) is 0 Å². The predicted octanol–water partition coefficient (Wildman–Crippen LogP) is 3.47. The molecule has 0 fully saturated rings. The molecule has 0 amide bonds. The van der Waals surface area contributed by atoms with Crippen LogP contribution in [0.5, 0.6) is 5.75 Å². The molecular formula is C19H16ClN3O3. The molecule has 0 atom stereocenters. The summed E-state index contributed by atoms with van der Waals surface area (Å²) in [6, 6.07) is 3.64. The Kier molecular flexibility index (Phi) is 3.60. The molecule has 0 saturated heterocycles. The molecule has 1 aromatic carbocycles. The smallest absolute Gasteiger partial charge is 0.339 e. The first-order valence-electron chi connectivity index (χ1n) is 8.67. The second-order valence-electron chi connectivity index (χ2n) is 6.62. The summed E-state index contributed by atoms with van der Waals surface area (Å²) >= 11 is 6.50. The molecule has 0 saturated carbocycles. The van der Waals surface area contributed by atoms with Crippen LogP contribution < -0.4 is 15.3 Å². The molecule has 7 heteroatoms. The molecule has 26 heavy (non-hydrogen) atoms. The van der Waals surface area contributed by atoms with Gasteiger partial charge in [0.15, 0.2) is 6.73 Å². The number of hydrogen-bond donors (Lipinski definition) is 0. The Hall–Kier alpha value is -2.60. The van der Waals surface area contributed by atoms with Crippen molar-refractivity contribution in [3.8, 4) is 5.75 Å². The van der Waals surface area contributed by atoms with Gasteiger partial charge in [0.25, 0.3) is 0 Å². The summed E-state index contributed by atoms with van der Waals surface area (Å²) in [5.74, 6) is 1.14. The molecular weight excluding hydrogens is 354 g/mol. The molecule has 0 unspecified atom stereocenters. The molecule has 0 bridgehead atoms. The molecule has 3 aromatic rings. The number of nitrogens with zero attached hydrogens (tertiary/aromatic N) is 3. The molecule has 0 spiro atoms. The Bertz CT molecular complexity index is 1070. The Morgan fingerprint density at radius 1 is 1.08 bits per heavy atom. The summed E-state index contributed by atoms with van der Waals surface area (Å²) in [4.78, 5) is 23.0. The van der Waals surface area contributed by atoms with Crippen LogP contribution in [0.2, 0.25) is 5.02 Å². The highest BCUT2D eigenvalue weighted by Gasteiger charge is 2.28. The van der Waals surface area contributed by atoms with Gasteiger partial charge in [-0.05, 0) is 43.4 Å². The van der Waals surface area contributed by atoms with Gasteiger partial charge in [0.05, 0.1) is 17.1 Å². The molecule has 132 valence electrons. The molecule has 1 aliphatic heterocycles. The maximum atomic E-state index is 12.5. The third kappa shape index (κ3) is 2.36. The first kappa shape index (κ1) is 15.6. The fraction of sp³-hybridized carbons (Fsp3) is 0.316. The monoisotopic (exact) mass is 369 g/mol. The molecule has 1 aliphatic carbocycles. The van der Waals surface area contributed by atoms with Gasteiger partial charge in [-0.2, -0.15) is 0 Å². The van der Waals surface area contributed by atoms with Gasteiger partial charge >= 0.3 is 5.63 Å². The normalized spacial score (nSPS) is 16.1. The summed E-state index contributed by atoms with van der Waals surface area (Å²) in [5, 5.41) is 1.46. The highest BCUT2D eigenvalue weighted by Crippen LogP contribution is 2.41. The van der Waals surface area contributed by atoms with Crippen LogP contribution in [0.1, 0.15) is 29.5 Å². The predicted molar refractivity (Wildman–Crippen MR) is 97.8 cm³/mol. The molecule has 5 rings (SSSR count). The van der Waals surface area contributed by atoms with Crippen LogP contribution in [0.4, 0.5) is 5.95 Å². The van der Waals surface area contributed by atoms with Crippen LogP contribution in [0.3, 0.4) is 0 Å². The fourth-order valence-electron chi connectivity index (χ4n) is 3.85. The lowest BCUT2D eigenvalue weighted by molar-refractivity contribution is 0.286. The summed E-state index contributed by atoms with van der Waals surface area (Å²) < 4.78 is 11.6. The number of anilines is 1. The van der Waals surface area contributed by atoms with Crippen molar-refractivity contribution in [2.24, 2.45) is 0 Å². The number of benzene rings is 1. The minimum Gasteiger partial charge on any atom is -0.471 e. The standard InChI is InChI=1S/C19H16ClN3O3/c20-15-8-13-11-4-1-2-5-12(11)18(24)26-16(13)14-9-23(10-25-17(14)15)19-21-6-3-7-22-19/h3,6-8H,1-2,4-5,9-10H2. The van der Waals surface area contributed by atoms with Gasteiger partial charge < -0.3 is 14.1 Å². The molecule has 6 nitrogen and oxygen atoms in total. The average Bonchev–Trinajstić information content (AvgIpc) is 2.70. The third-order valence-corrected chi connectivity index (χ3v) is 5.34. The highest BCUT2D eigenvalue weighted by molar-refractivity contribution is 6.33. The molecule has 0 N–H and O–H groups in total. The molecule has 3 heterocycles. The van der Waals surface area contributed by atoms with Gasteiger partial charge in [-0.1, -0.05) is 11.6 Å². The average molecular weight is 370 g/mol. The van der Waals surface area contributed by atoms with Crippen molar-refractivity contribution < 1.29 is 9.15 Å². The van der Waals surface area contributed by atoms with Gasteiger partial charge in [-0.3, -0.25) is 0 Å². The number of hydrogen-bond acceptors (Lipinski definition) is 6. The van der Waals surface area contributed by atoms with Gasteiger partial charge in [-0.25, -0.2) is 14.8 Å². The second kappa shape index (κ2) is 5.99. The molecule has 0 radical (unpaired) electrons.